The topological polar surface area (TPSA) is 237 Å². The van der Waals surface area contributed by atoms with Gasteiger partial charge in [-0.3, -0.25) is 37.3 Å². The lowest BCUT2D eigenvalue weighted by Crippen LogP contribution is -2.30. The predicted octanol–water partition coefficient (Wildman–Crippen LogP) is 24.3. The van der Waals surface area contributed by atoms with Crippen LogP contribution in [0.3, 0.4) is 0 Å². The summed E-state index contributed by atoms with van der Waals surface area (Å²) < 4.78 is 68.7. The molecule has 2 unspecified atom stereocenters. The quantitative estimate of drug-likeness (QED) is 0.0222. The van der Waals surface area contributed by atoms with E-state index in [1.807, 2.05) is 0 Å². The van der Waals surface area contributed by atoms with Gasteiger partial charge in [0.25, 0.3) is 0 Å². The number of hydrogen-bond acceptors (Lipinski definition) is 15. The highest BCUT2D eigenvalue weighted by Crippen LogP contribution is 2.45. The van der Waals surface area contributed by atoms with Crippen LogP contribution in [0.15, 0.2) is 0 Å². The van der Waals surface area contributed by atoms with E-state index >= 15 is 0 Å². The predicted molar refractivity (Wildman–Crippen MR) is 409 cm³/mol. The van der Waals surface area contributed by atoms with E-state index in [1.54, 1.807) is 0 Å². The minimum Gasteiger partial charge on any atom is -0.462 e. The fourth-order valence-electron chi connectivity index (χ4n) is 12.5. The Balaban J connectivity index is 5.20. The number of phosphoric acid groups is 2. The number of carbonyl (C=O) groups is 4. The normalized spacial score (nSPS) is 13.9. The summed E-state index contributed by atoms with van der Waals surface area (Å²) in [5.74, 6) is -0.602. The van der Waals surface area contributed by atoms with Crippen LogP contribution in [0.5, 0.6) is 0 Å². The molecule has 3 N–H and O–H groups in total. The van der Waals surface area contributed by atoms with Crippen molar-refractivity contribution < 1.29 is 80.2 Å². The molecule has 594 valence electrons. The first-order chi connectivity index (χ1) is 48.4. The van der Waals surface area contributed by atoms with E-state index in [0.717, 1.165) is 102 Å². The van der Waals surface area contributed by atoms with Crippen molar-refractivity contribution in [1.82, 2.24) is 0 Å². The van der Waals surface area contributed by atoms with Crippen molar-refractivity contribution in [3.05, 3.63) is 0 Å². The Labute approximate surface area is 613 Å². The molecular weight excluding hydrogens is 1310 g/mol. The second kappa shape index (κ2) is 72.6. The highest BCUT2D eigenvalue weighted by atomic mass is 31.2. The summed E-state index contributed by atoms with van der Waals surface area (Å²) in [6.45, 7) is 9.60. The number of ether oxygens (including phenoxy) is 4. The molecule has 0 bridgehead atoms. The number of aliphatic hydroxyl groups excluding tert-OH is 1. The maximum atomic E-state index is 13.1. The Morgan fingerprint density at radius 3 is 0.680 bits per heavy atom. The molecule has 0 aliphatic rings. The minimum atomic E-state index is -4.96. The number of unbranched alkanes of at least 4 members (excludes halogenated alkanes) is 50. The average molecular weight is 1470 g/mol. The summed E-state index contributed by atoms with van der Waals surface area (Å²) in [5, 5.41) is 10.6. The van der Waals surface area contributed by atoms with Crippen molar-refractivity contribution in [2.45, 2.75) is 445 Å². The van der Waals surface area contributed by atoms with Gasteiger partial charge in [0.1, 0.15) is 19.3 Å². The zero-order valence-corrected chi connectivity index (χ0v) is 67.3. The zero-order chi connectivity index (χ0) is 73.5. The van der Waals surface area contributed by atoms with Crippen LogP contribution < -0.4 is 0 Å². The van der Waals surface area contributed by atoms with Crippen molar-refractivity contribution in [3.63, 3.8) is 0 Å². The van der Waals surface area contributed by atoms with Gasteiger partial charge in [-0.15, -0.1) is 0 Å². The van der Waals surface area contributed by atoms with Crippen LogP contribution in [0.25, 0.3) is 0 Å². The summed E-state index contributed by atoms with van der Waals surface area (Å²) in [6, 6.07) is 0. The second-order valence-corrected chi connectivity index (χ2v) is 33.0. The Kier molecular flexibility index (Phi) is 71.2. The van der Waals surface area contributed by atoms with Crippen molar-refractivity contribution in [1.29, 1.82) is 0 Å². The van der Waals surface area contributed by atoms with Gasteiger partial charge in [-0.1, -0.05) is 375 Å². The third kappa shape index (κ3) is 74.3. The van der Waals surface area contributed by atoms with Crippen molar-refractivity contribution in [2.24, 2.45) is 11.8 Å². The van der Waals surface area contributed by atoms with E-state index in [1.165, 1.54) is 244 Å². The molecule has 0 aliphatic heterocycles. The molecule has 0 aliphatic carbocycles. The molecule has 0 heterocycles. The summed E-state index contributed by atoms with van der Waals surface area (Å²) in [4.78, 5) is 73.0. The van der Waals surface area contributed by atoms with Crippen LogP contribution in [0.2, 0.25) is 0 Å². The van der Waals surface area contributed by atoms with E-state index in [4.69, 9.17) is 37.0 Å². The molecule has 0 aromatic rings. The van der Waals surface area contributed by atoms with E-state index in [2.05, 4.69) is 41.5 Å². The summed E-state index contributed by atoms with van der Waals surface area (Å²) >= 11 is 0. The van der Waals surface area contributed by atoms with Crippen LogP contribution in [-0.4, -0.2) is 96.7 Å². The molecule has 19 heteroatoms. The number of carbonyl (C=O) groups excluding carboxylic acids is 4. The van der Waals surface area contributed by atoms with Gasteiger partial charge >= 0.3 is 39.5 Å². The van der Waals surface area contributed by atoms with E-state index in [-0.39, 0.29) is 25.7 Å². The van der Waals surface area contributed by atoms with Gasteiger partial charge in [-0.2, -0.15) is 0 Å². The lowest BCUT2D eigenvalue weighted by Gasteiger charge is -2.21. The summed E-state index contributed by atoms with van der Waals surface area (Å²) in [5.41, 5.74) is 0. The SMILES string of the molecule is CCCCCCCCCCCCCCCCCCCCCCCCC(=O)O[C@H](COC(=O)CCCCCCCCCCCCCCCC(C)C)COP(=O)(O)OC[C@@H](O)COP(=O)(O)OC[C@@H](COC(=O)CCCCCCCCCCCCC)OC(=O)CCCCCCCCCCC(C)C. The van der Waals surface area contributed by atoms with Crippen LogP contribution in [0.4, 0.5) is 0 Å². The summed E-state index contributed by atoms with van der Waals surface area (Å²) in [6.07, 6.45) is 62.6. The van der Waals surface area contributed by atoms with Crippen molar-refractivity contribution >= 4 is 39.5 Å². The molecule has 0 aromatic heterocycles. The number of hydrogen-bond donors (Lipinski definition) is 3. The second-order valence-electron chi connectivity index (χ2n) is 30.1. The van der Waals surface area contributed by atoms with Gasteiger partial charge in [0.15, 0.2) is 12.2 Å². The monoisotopic (exact) mass is 1470 g/mol. The van der Waals surface area contributed by atoms with Gasteiger partial charge in [-0.25, -0.2) is 9.13 Å². The molecule has 0 amide bonds. The Morgan fingerprint density at radius 2 is 0.460 bits per heavy atom. The first kappa shape index (κ1) is 98.1. The molecule has 0 saturated heterocycles. The summed E-state index contributed by atoms with van der Waals surface area (Å²) in [7, 11) is -9.92. The average Bonchev–Trinajstić information content (AvgIpc) is 0.942. The maximum Gasteiger partial charge on any atom is 0.472 e. The van der Waals surface area contributed by atoms with E-state index in [9.17, 15) is 43.2 Å². The molecule has 0 spiro atoms. The minimum absolute atomic E-state index is 0.105. The van der Waals surface area contributed by atoms with Crippen LogP contribution in [0.1, 0.15) is 427 Å². The van der Waals surface area contributed by atoms with Crippen LogP contribution in [0, 0.1) is 11.8 Å². The van der Waals surface area contributed by atoms with Crippen molar-refractivity contribution in [3.8, 4) is 0 Å². The molecule has 0 fully saturated rings. The van der Waals surface area contributed by atoms with E-state index < -0.39 is 97.5 Å². The molecule has 0 aromatic carbocycles. The molecule has 0 rings (SSSR count). The lowest BCUT2D eigenvalue weighted by atomic mass is 10.0. The number of phosphoric ester groups is 2. The fraction of sp³-hybridized carbons (Fsp3) is 0.951. The first-order valence-corrected chi connectivity index (χ1v) is 45.0. The molecule has 100 heavy (non-hydrogen) atoms. The Hall–Kier alpha value is -1.94. The van der Waals surface area contributed by atoms with Gasteiger partial charge in [0.05, 0.1) is 26.4 Å². The van der Waals surface area contributed by atoms with E-state index in [0.29, 0.717) is 25.7 Å². The fourth-order valence-corrected chi connectivity index (χ4v) is 14.1. The van der Waals surface area contributed by atoms with Gasteiger partial charge in [0.2, 0.25) is 0 Å². The van der Waals surface area contributed by atoms with Gasteiger partial charge in [0, 0.05) is 25.7 Å². The lowest BCUT2D eigenvalue weighted by molar-refractivity contribution is -0.161. The third-order valence-electron chi connectivity index (χ3n) is 19.0. The standard InChI is InChI=1S/C81H158O17P2/c1-7-9-11-13-15-17-19-20-21-22-23-24-25-26-27-28-31-36-40-47-53-59-65-80(85)97-76(69-92-79(84)64-58-52-46-39-35-32-29-30-34-37-43-49-55-61-73(3)4)71-95-99(87,88)93-67-75(82)68-94-100(89,90)96-72-77(98-81(86)66-60-54-48-42-41-44-50-56-62-74(5)6)70-91-78(83)63-57-51-45-38-33-18-16-14-12-10-8-2/h73-77,82H,7-72H2,1-6H3,(H,87,88)(H,89,90)/t75-,76-,77-/m1/s1. The number of rotatable bonds is 80. The third-order valence-corrected chi connectivity index (χ3v) is 20.9. The van der Waals surface area contributed by atoms with Crippen molar-refractivity contribution in [2.75, 3.05) is 39.6 Å². The Morgan fingerprint density at radius 1 is 0.270 bits per heavy atom. The molecule has 0 saturated carbocycles. The number of aliphatic hydroxyl groups is 1. The number of esters is 4. The molecule has 0 radical (unpaired) electrons. The largest absolute Gasteiger partial charge is 0.472 e. The molecule has 5 atom stereocenters. The van der Waals surface area contributed by atoms with Gasteiger partial charge in [-0.05, 0) is 37.5 Å². The smallest absolute Gasteiger partial charge is 0.462 e. The highest BCUT2D eigenvalue weighted by molar-refractivity contribution is 7.47. The zero-order valence-electron chi connectivity index (χ0n) is 65.5. The molecular formula is C81H158O17P2. The van der Waals surface area contributed by atoms with Crippen LogP contribution >= 0.6 is 15.6 Å². The highest BCUT2D eigenvalue weighted by Gasteiger charge is 2.30. The molecule has 17 nitrogen and oxygen atoms in total. The Bertz CT molecular complexity index is 1920. The van der Waals surface area contributed by atoms with Gasteiger partial charge < -0.3 is 33.8 Å². The van der Waals surface area contributed by atoms with Crippen LogP contribution in [-0.2, 0) is 65.4 Å². The maximum absolute atomic E-state index is 13.1. The first-order valence-electron chi connectivity index (χ1n) is 42.0.